The molecule has 0 saturated carbocycles. The summed E-state index contributed by atoms with van der Waals surface area (Å²) in [4.78, 5) is 12.4. The Hall–Kier alpha value is -1.91. The van der Waals surface area contributed by atoms with Gasteiger partial charge in [0.1, 0.15) is 0 Å². The highest BCUT2D eigenvalue weighted by molar-refractivity contribution is 5.76. The number of aliphatic hydroxyl groups excluding tert-OH is 2. The number of allylic oxidation sites excluding steroid dienone is 9. The summed E-state index contributed by atoms with van der Waals surface area (Å²) in [6.45, 7) is 4.27. The summed E-state index contributed by atoms with van der Waals surface area (Å²) in [5.41, 5.74) is 0. The molecule has 0 aromatic rings. The number of unbranched alkanes of at least 4 members (excludes halogenated alkanes) is 29. The first-order chi connectivity index (χ1) is 27.7. The Morgan fingerprint density at radius 1 is 0.429 bits per heavy atom. The zero-order valence-corrected chi connectivity index (χ0v) is 37.4. The maximum atomic E-state index is 12.4. The van der Waals surface area contributed by atoms with Gasteiger partial charge in [-0.1, -0.05) is 229 Å². The SMILES string of the molecule is CCCCCCC/C=C\C/C=C\C/C=C\CCCCCCCCCCCCCCCCCCC(=O)NC(CO)C(O)/C=C/CC/C=C/CCCCCCCCC. The number of hydrogen-bond acceptors (Lipinski definition) is 3. The van der Waals surface area contributed by atoms with Gasteiger partial charge in [0.2, 0.25) is 5.91 Å². The molecule has 0 radical (unpaired) electrons. The highest BCUT2D eigenvalue weighted by Crippen LogP contribution is 2.15. The third kappa shape index (κ3) is 43.2. The number of nitrogens with one attached hydrogen (secondary N) is 1. The molecule has 4 heteroatoms. The fourth-order valence-corrected chi connectivity index (χ4v) is 7.20. The molecule has 0 aromatic carbocycles. The fourth-order valence-electron chi connectivity index (χ4n) is 7.20. The zero-order chi connectivity index (χ0) is 40.7. The molecule has 0 fully saturated rings. The van der Waals surface area contributed by atoms with Crippen molar-refractivity contribution in [1.82, 2.24) is 5.32 Å². The number of carbonyl (C=O) groups is 1. The van der Waals surface area contributed by atoms with Crippen molar-refractivity contribution < 1.29 is 15.0 Å². The molecule has 2 unspecified atom stereocenters. The minimum Gasteiger partial charge on any atom is -0.394 e. The molecule has 0 aliphatic heterocycles. The van der Waals surface area contributed by atoms with E-state index in [-0.39, 0.29) is 12.5 Å². The molecule has 56 heavy (non-hydrogen) atoms. The molecule has 1 amide bonds. The maximum Gasteiger partial charge on any atom is 0.220 e. The smallest absolute Gasteiger partial charge is 0.220 e. The Morgan fingerprint density at radius 2 is 0.750 bits per heavy atom. The molecule has 0 aromatic heterocycles. The molecule has 4 nitrogen and oxygen atoms in total. The van der Waals surface area contributed by atoms with E-state index in [0.717, 1.165) is 44.9 Å². The monoisotopic (exact) mass is 782 g/mol. The van der Waals surface area contributed by atoms with E-state index in [1.165, 1.54) is 180 Å². The predicted octanol–water partition coefficient (Wildman–Crippen LogP) is 15.7. The highest BCUT2D eigenvalue weighted by Gasteiger charge is 2.17. The number of rotatable bonds is 44. The third-order valence-electron chi connectivity index (χ3n) is 11.0. The van der Waals surface area contributed by atoms with Gasteiger partial charge in [0.15, 0.2) is 0 Å². The number of carbonyl (C=O) groups excluding carboxylic acids is 1. The average molecular weight is 782 g/mol. The van der Waals surface area contributed by atoms with Crippen LogP contribution in [0.3, 0.4) is 0 Å². The van der Waals surface area contributed by atoms with Crippen molar-refractivity contribution in [2.24, 2.45) is 0 Å². The van der Waals surface area contributed by atoms with Gasteiger partial charge >= 0.3 is 0 Å². The van der Waals surface area contributed by atoms with Gasteiger partial charge in [-0.3, -0.25) is 4.79 Å². The molecule has 3 N–H and O–H groups in total. The largest absolute Gasteiger partial charge is 0.394 e. The summed E-state index contributed by atoms with van der Waals surface area (Å²) in [5.74, 6) is -0.0749. The van der Waals surface area contributed by atoms with Crippen LogP contribution in [0.1, 0.15) is 245 Å². The second-order valence-electron chi connectivity index (χ2n) is 16.5. The fraction of sp³-hybridized carbons (Fsp3) is 0.788. The number of amides is 1. The second-order valence-corrected chi connectivity index (χ2v) is 16.5. The Bertz CT molecular complexity index is 934. The van der Waals surface area contributed by atoms with E-state index in [1.807, 2.05) is 6.08 Å². The third-order valence-corrected chi connectivity index (χ3v) is 11.0. The molecule has 0 rings (SSSR count). The summed E-state index contributed by atoms with van der Waals surface area (Å²) in [5, 5.41) is 23.0. The van der Waals surface area contributed by atoms with Crippen molar-refractivity contribution in [3.8, 4) is 0 Å². The van der Waals surface area contributed by atoms with Crippen LogP contribution in [-0.4, -0.2) is 34.9 Å². The van der Waals surface area contributed by atoms with Gasteiger partial charge in [0.05, 0.1) is 18.8 Å². The molecular formula is C52H95NO3. The lowest BCUT2D eigenvalue weighted by Gasteiger charge is -2.19. The average Bonchev–Trinajstić information content (AvgIpc) is 3.20. The first kappa shape index (κ1) is 54.1. The van der Waals surface area contributed by atoms with Crippen LogP contribution in [0, 0.1) is 0 Å². The summed E-state index contributed by atoms with van der Waals surface area (Å²) < 4.78 is 0. The summed E-state index contributed by atoms with van der Waals surface area (Å²) in [6.07, 6.45) is 66.4. The van der Waals surface area contributed by atoms with Crippen LogP contribution in [0.2, 0.25) is 0 Å². The molecule has 0 aliphatic rings. The van der Waals surface area contributed by atoms with Crippen molar-refractivity contribution in [3.63, 3.8) is 0 Å². The van der Waals surface area contributed by atoms with Crippen molar-refractivity contribution in [2.45, 2.75) is 257 Å². The Labute approximate surface area is 349 Å². The lowest BCUT2D eigenvalue weighted by atomic mass is 10.0. The van der Waals surface area contributed by atoms with E-state index in [1.54, 1.807) is 6.08 Å². The second kappa shape index (κ2) is 47.5. The van der Waals surface area contributed by atoms with Crippen molar-refractivity contribution in [3.05, 3.63) is 60.8 Å². The normalized spacial score (nSPS) is 13.4. The van der Waals surface area contributed by atoms with E-state index in [0.29, 0.717) is 6.42 Å². The molecule has 0 aliphatic carbocycles. The quantitative estimate of drug-likeness (QED) is 0.0426. The van der Waals surface area contributed by atoms with Crippen LogP contribution in [-0.2, 0) is 4.79 Å². The standard InChI is InChI=1S/C52H95NO3/c1-3-5-7-9-11-13-15-17-18-19-20-21-22-23-24-25-26-27-28-29-30-31-32-33-34-36-38-40-42-44-46-48-52(56)53-50(49-54)51(55)47-45-43-41-39-37-35-16-14-12-10-8-6-4-2/h15,17,19-20,22-23,37,39,45,47,50-51,54-55H,3-14,16,18,21,24-36,38,40-44,46,48-49H2,1-2H3,(H,53,56)/b17-15-,20-19-,23-22-,39-37+,47-45+. The van der Waals surface area contributed by atoms with Gasteiger partial charge in [-0.2, -0.15) is 0 Å². The zero-order valence-electron chi connectivity index (χ0n) is 37.4. The molecular weight excluding hydrogens is 687 g/mol. The lowest BCUT2D eigenvalue weighted by molar-refractivity contribution is -0.123. The Kier molecular flexibility index (Phi) is 45.8. The molecule has 326 valence electrons. The van der Waals surface area contributed by atoms with E-state index in [4.69, 9.17) is 0 Å². The van der Waals surface area contributed by atoms with Crippen LogP contribution in [0.5, 0.6) is 0 Å². The maximum absolute atomic E-state index is 12.4. The summed E-state index contributed by atoms with van der Waals surface area (Å²) >= 11 is 0. The van der Waals surface area contributed by atoms with Crippen LogP contribution < -0.4 is 5.32 Å². The van der Waals surface area contributed by atoms with Crippen molar-refractivity contribution >= 4 is 5.91 Å². The first-order valence-corrected chi connectivity index (χ1v) is 24.5. The van der Waals surface area contributed by atoms with E-state index in [2.05, 4.69) is 67.8 Å². The van der Waals surface area contributed by atoms with Crippen LogP contribution >= 0.6 is 0 Å². The highest BCUT2D eigenvalue weighted by atomic mass is 16.3. The van der Waals surface area contributed by atoms with E-state index in [9.17, 15) is 15.0 Å². The molecule has 2 atom stereocenters. The molecule has 0 bridgehead atoms. The number of aliphatic hydroxyl groups is 2. The van der Waals surface area contributed by atoms with Gasteiger partial charge in [0.25, 0.3) is 0 Å². The van der Waals surface area contributed by atoms with Gasteiger partial charge in [-0.05, 0) is 70.6 Å². The molecule has 0 saturated heterocycles. The topological polar surface area (TPSA) is 69.6 Å². The van der Waals surface area contributed by atoms with Gasteiger partial charge < -0.3 is 15.5 Å². The molecule has 0 heterocycles. The van der Waals surface area contributed by atoms with E-state index >= 15 is 0 Å². The summed E-state index contributed by atoms with van der Waals surface area (Å²) in [6, 6.07) is -0.639. The van der Waals surface area contributed by atoms with Gasteiger partial charge in [0, 0.05) is 6.42 Å². The van der Waals surface area contributed by atoms with Crippen LogP contribution in [0.15, 0.2) is 60.8 Å². The van der Waals surface area contributed by atoms with Gasteiger partial charge in [-0.25, -0.2) is 0 Å². The first-order valence-electron chi connectivity index (χ1n) is 24.5. The predicted molar refractivity (Wildman–Crippen MR) is 248 cm³/mol. The van der Waals surface area contributed by atoms with Crippen LogP contribution in [0.4, 0.5) is 0 Å². The Balaban J connectivity index is 3.51. The lowest BCUT2D eigenvalue weighted by Crippen LogP contribution is -2.45. The van der Waals surface area contributed by atoms with Crippen molar-refractivity contribution in [1.29, 1.82) is 0 Å². The van der Waals surface area contributed by atoms with Crippen LogP contribution in [0.25, 0.3) is 0 Å². The minimum atomic E-state index is -0.862. The van der Waals surface area contributed by atoms with E-state index < -0.39 is 12.1 Å². The van der Waals surface area contributed by atoms with Gasteiger partial charge in [-0.15, -0.1) is 0 Å². The molecule has 0 spiro atoms. The van der Waals surface area contributed by atoms with Crippen molar-refractivity contribution in [2.75, 3.05) is 6.61 Å². The Morgan fingerprint density at radius 3 is 1.16 bits per heavy atom. The number of hydrogen-bond donors (Lipinski definition) is 3. The minimum absolute atomic E-state index is 0.0749. The summed E-state index contributed by atoms with van der Waals surface area (Å²) in [7, 11) is 0.